The number of rotatable bonds is 4. The SMILES string of the molecule is CC(C)(CN)NC(=O)c1cc(N2CCNC2=O)ccc1F. The summed E-state index contributed by atoms with van der Waals surface area (Å²) in [6.45, 7) is 4.74. The summed E-state index contributed by atoms with van der Waals surface area (Å²) in [6.07, 6.45) is 0. The molecule has 2 rings (SSSR count). The maximum absolute atomic E-state index is 13.9. The Kier molecular flexibility index (Phi) is 4.13. The van der Waals surface area contributed by atoms with Crippen molar-refractivity contribution in [2.45, 2.75) is 19.4 Å². The highest BCUT2D eigenvalue weighted by atomic mass is 19.1. The third-order valence-corrected chi connectivity index (χ3v) is 3.33. The molecule has 0 spiro atoms. The van der Waals surface area contributed by atoms with Gasteiger partial charge >= 0.3 is 6.03 Å². The van der Waals surface area contributed by atoms with Crippen LogP contribution in [0.25, 0.3) is 0 Å². The van der Waals surface area contributed by atoms with Crippen LogP contribution in [-0.2, 0) is 0 Å². The minimum atomic E-state index is -0.635. The van der Waals surface area contributed by atoms with Crippen LogP contribution in [-0.4, -0.2) is 37.1 Å². The van der Waals surface area contributed by atoms with E-state index in [0.717, 1.165) is 0 Å². The molecule has 0 unspecified atom stereocenters. The maximum Gasteiger partial charge on any atom is 0.321 e. The van der Waals surface area contributed by atoms with Crippen LogP contribution >= 0.6 is 0 Å². The topological polar surface area (TPSA) is 87.5 Å². The van der Waals surface area contributed by atoms with Gasteiger partial charge in [0.25, 0.3) is 5.91 Å². The molecule has 0 radical (unpaired) electrons. The first kappa shape index (κ1) is 15.2. The number of hydrogen-bond acceptors (Lipinski definition) is 3. The van der Waals surface area contributed by atoms with Gasteiger partial charge in [-0.05, 0) is 32.0 Å². The molecule has 1 heterocycles. The van der Waals surface area contributed by atoms with Gasteiger partial charge in [0.05, 0.1) is 5.56 Å². The van der Waals surface area contributed by atoms with Crippen LogP contribution in [0.3, 0.4) is 0 Å². The summed E-state index contributed by atoms with van der Waals surface area (Å²) in [5.41, 5.74) is 5.30. The van der Waals surface area contributed by atoms with Crippen LogP contribution < -0.4 is 21.3 Å². The fourth-order valence-corrected chi connectivity index (χ4v) is 2.00. The van der Waals surface area contributed by atoms with Gasteiger partial charge in [0.1, 0.15) is 5.82 Å². The highest BCUT2D eigenvalue weighted by molar-refractivity contribution is 5.98. The molecule has 6 nitrogen and oxygen atoms in total. The van der Waals surface area contributed by atoms with Crippen molar-refractivity contribution in [1.29, 1.82) is 0 Å². The molecule has 1 fully saturated rings. The lowest BCUT2D eigenvalue weighted by atomic mass is 10.0. The highest BCUT2D eigenvalue weighted by Crippen LogP contribution is 2.21. The van der Waals surface area contributed by atoms with Crippen molar-refractivity contribution in [2.24, 2.45) is 5.73 Å². The molecule has 0 atom stereocenters. The monoisotopic (exact) mass is 294 g/mol. The second-order valence-corrected chi connectivity index (χ2v) is 5.59. The first-order valence-electron chi connectivity index (χ1n) is 6.71. The van der Waals surface area contributed by atoms with Crippen LogP contribution in [0, 0.1) is 5.82 Å². The number of urea groups is 1. The molecule has 1 aromatic carbocycles. The minimum absolute atomic E-state index is 0.103. The van der Waals surface area contributed by atoms with Gasteiger partial charge in [-0.1, -0.05) is 0 Å². The third-order valence-electron chi connectivity index (χ3n) is 3.33. The Labute approximate surface area is 122 Å². The van der Waals surface area contributed by atoms with Crippen molar-refractivity contribution in [3.63, 3.8) is 0 Å². The zero-order valence-corrected chi connectivity index (χ0v) is 12.1. The zero-order chi connectivity index (χ0) is 15.6. The number of nitrogens with one attached hydrogen (secondary N) is 2. The lowest BCUT2D eigenvalue weighted by Gasteiger charge is -2.24. The molecule has 21 heavy (non-hydrogen) atoms. The highest BCUT2D eigenvalue weighted by Gasteiger charge is 2.25. The minimum Gasteiger partial charge on any atom is -0.346 e. The molecular weight excluding hydrogens is 275 g/mol. The summed E-state index contributed by atoms with van der Waals surface area (Å²) in [7, 11) is 0. The molecule has 1 aliphatic rings. The third kappa shape index (κ3) is 3.30. The Bertz CT molecular complexity index is 574. The van der Waals surface area contributed by atoms with E-state index in [2.05, 4.69) is 10.6 Å². The van der Waals surface area contributed by atoms with Crippen LogP contribution in [0.4, 0.5) is 14.9 Å². The van der Waals surface area contributed by atoms with Crippen LogP contribution in [0.1, 0.15) is 24.2 Å². The Morgan fingerprint density at radius 2 is 2.24 bits per heavy atom. The lowest BCUT2D eigenvalue weighted by Crippen LogP contribution is -2.49. The number of hydrogen-bond donors (Lipinski definition) is 3. The molecule has 1 saturated heterocycles. The summed E-state index contributed by atoms with van der Waals surface area (Å²) in [5, 5.41) is 5.32. The van der Waals surface area contributed by atoms with Crippen molar-refractivity contribution >= 4 is 17.6 Å². The largest absolute Gasteiger partial charge is 0.346 e. The van der Waals surface area contributed by atoms with Gasteiger partial charge in [0.15, 0.2) is 0 Å². The van der Waals surface area contributed by atoms with E-state index >= 15 is 0 Å². The molecule has 4 N–H and O–H groups in total. The van der Waals surface area contributed by atoms with Gasteiger partial charge in [0, 0.05) is 30.9 Å². The first-order valence-corrected chi connectivity index (χ1v) is 6.71. The van der Waals surface area contributed by atoms with E-state index in [9.17, 15) is 14.0 Å². The average molecular weight is 294 g/mol. The number of nitrogens with two attached hydrogens (primary N) is 1. The van der Waals surface area contributed by atoms with Crippen LogP contribution in [0.2, 0.25) is 0 Å². The van der Waals surface area contributed by atoms with Gasteiger partial charge in [0.2, 0.25) is 0 Å². The van der Waals surface area contributed by atoms with Crippen LogP contribution in [0.5, 0.6) is 0 Å². The predicted molar refractivity (Wildman–Crippen MR) is 77.7 cm³/mol. The number of nitrogens with zero attached hydrogens (tertiary/aromatic N) is 1. The average Bonchev–Trinajstić information content (AvgIpc) is 2.85. The number of benzene rings is 1. The Morgan fingerprint density at radius 3 is 2.81 bits per heavy atom. The maximum atomic E-state index is 13.9. The lowest BCUT2D eigenvalue weighted by molar-refractivity contribution is 0.0911. The summed E-state index contributed by atoms with van der Waals surface area (Å²) in [6, 6.07) is 3.79. The first-order chi connectivity index (χ1) is 9.84. The molecule has 0 aromatic heterocycles. The summed E-state index contributed by atoms with van der Waals surface area (Å²) >= 11 is 0. The molecule has 0 saturated carbocycles. The van der Waals surface area contributed by atoms with E-state index in [1.165, 1.54) is 23.1 Å². The van der Waals surface area contributed by atoms with Crippen molar-refractivity contribution in [3.05, 3.63) is 29.6 Å². The summed E-state index contributed by atoms with van der Waals surface area (Å²) in [4.78, 5) is 25.2. The molecule has 0 bridgehead atoms. The number of carbonyl (C=O) groups excluding carboxylic acids is 2. The summed E-state index contributed by atoms with van der Waals surface area (Å²) in [5.74, 6) is -1.19. The second kappa shape index (κ2) is 5.69. The second-order valence-electron chi connectivity index (χ2n) is 5.59. The van der Waals surface area contributed by atoms with Gasteiger partial charge in [-0.15, -0.1) is 0 Å². The Hall–Kier alpha value is -2.15. The molecule has 1 aromatic rings. The zero-order valence-electron chi connectivity index (χ0n) is 12.1. The predicted octanol–water partition coefficient (Wildman–Crippen LogP) is 0.822. The van der Waals surface area contributed by atoms with E-state index in [4.69, 9.17) is 5.73 Å². The van der Waals surface area contributed by atoms with Gasteiger partial charge in [-0.2, -0.15) is 0 Å². The van der Waals surface area contributed by atoms with E-state index in [-0.39, 0.29) is 18.1 Å². The standard InChI is InChI=1S/C14H19FN4O2/c1-14(2,8-16)18-12(20)10-7-9(3-4-11(10)15)19-6-5-17-13(19)21/h3-4,7H,5-6,8,16H2,1-2H3,(H,17,21)(H,18,20). The van der Waals surface area contributed by atoms with Gasteiger partial charge in [-0.3, -0.25) is 9.69 Å². The number of amides is 3. The molecule has 1 aliphatic heterocycles. The molecule has 3 amide bonds. The van der Waals surface area contributed by atoms with Gasteiger partial charge in [-0.25, -0.2) is 9.18 Å². The summed E-state index contributed by atoms with van der Waals surface area (Å²) < 4.78 is 13.9. The molecule has 7 heteroatoms. The van der Waals surface area contributed by atoms with Gasteiger partial charge < -0.3 is 16.4 Å². The smallest absolute Gasteiger partial charge is 0.321 e. The van der Waals surface area contributed by atoms with E-state index in [1.54, 1.807) is 13.8 Å². The van der Waals surface area contributed by atoms with E-state index < -0.39 is 17.3 Å². The fourth-order valence-electron chi connectivity index (χ4n) is 2.00. The van der Waals surface area contributed by atoms with Crippen molar-refractivity contribution in [2.75, 3.05) is 24.5 Å². The fraction of sp³-hybridized carbons (Fsp3) is 0.429. The number of anilines is 1. The normalized spacial score (nSPS) is 15.0. The van der Waals surface area contributed by atoms with Crippen molar-refractivity contribution < 1.29 is 14.0 Å². The molecule has 114 valence electrons. The van der Waals surface area contributed by atoms with E-state index in [1.807, 2.05) is 0 Å². The van der Waals surface area contributed by atoms with E-state index in [0.29, 0.717) is 18.8 Å². The number of carbonyl (C=O) groups is 2. The molecular formula is C14H19FN4O2. The van der Waals surface area contributed by atoms with Crippen LogP contribution in [0.15, 0.2) is 18.2 Å². The van der Waals surface area contributed by atoms with Crippen molar-refractivity contribution in [1.82, 2.24) is 10.6 Å². The Morgan fingerprint density at radius 1 is 1.52 bits per heavy atom. The Balaban J connectivity index is 2.27. The van der Waals surface area contributed by atoms with Crippen molar-refractivity contribution in [3.8, 4) is 0 Å². The number of halogens is 1. The molecule has 0 aliphatic carbocycles. The quantitative estimate of drug-likeness (QED) is 0.768.